The standard InChI is InChI=1S/C24H25N11S/c1-26-20-19(22(33-10-4-5-11-33)30-23(29-20)34-12-6-7-13-34)31-32-21-16(14-25)15-27-35(21)24-28-17-8-2-3-9-18(17)36-24/h2-3,8-9,15H,4-7,10-13H2,1H3,(H,26,29,30)/b32-31+. The summed E-state index contributed by atoms with van der Waals surface area (Å²) in [7, 11) is 1.83. The fraction of sp³-hybridized carbons (Fsp3) is 0.375. The zero-order valence-electron chi connectivity index (χ0n) is 19.9. The van der Waals surface area contributed by atoms with E-state index in [2.05, 4.69) is 41.5 Å². The maximum atomic E-state index is 9.73. The lowest BCUT2D eigenvalue weighted by Gasteiger charge is -2.23. The minimum atomic E-state index is 0.321. The number of hydrogen-bond donors (Lipinski definition) is 1. The molecule has 182 valence electrons. The third-order valence-electron chi connectivity index (χ3n) is 6.46. The molecule has 0 bridgehead atoms. The van der Waals surface area contributed by atoms with Crippen molar-refractivity contribution in [1.29, 1.82) is 5.26 Å². The summed E-state index contributed by atoms with van der Waals surface area (Å²) in [4.78, 5) is 18.9. The molecule has 2 saturated heterocycles. The molecule has 0 amide bonds. The molecule has 0 saturated carbocycles. The molecule has 4 aromatic rings. The molecule has 0 spiro atoms. The molecule has 0 aliphatic carbocycles. The highest BCUT2D eigenvalue weighted by Crippen LogP contribution is 2.39. The van der Waals surface area contributed by atoms with E-state index in [4.69, 9.17) is 9.97 Å². The Hall–Kier alpha value is -4.11. The number of nitrogens with one attached hydrogen (secondary N) is 1. The fourth-order valence-electron chi connectivity index (χ4n) is 4.61. The van der Waals surface area contributed by atoms with Crippen LogP contribution < -0.4 is 15.1 Å². The lowest BCUT2D eigenvalue weighted by Crippen LogP contribution is -2.24. The summed E-state index contributed by atoms with van der Waals surface area (Å²) in [6.07, 6.45) is 6.00. The third-order valence-corrected chi connectivity index (χ3v) is 7.47. The van der Waals surface area contributed by atoms with E-state index >= 15 is 0 Å². The van der Waals surface area contributed by atoms with E-state index in [9.17, 15) is 5.26 Å². The van der Waals surface area contributed by atoms with Crippen LogP contribution in [0.1, 0.15) is 31.2 Å². The fourth-order valence-corrected chi connectivity index (χ4v) is 5.54. The first-order valence-corrected chi connectivity index (χ1v) is 12.9. The molecular formula is C24H25N11S. The van der Waals surface area contributed by atoms with Crippen LogP contribution in [0.2, 0.25) is 0 Å². The van der Waals surface area contributed by atoms with Gasteiger partial charge < -0.3 is 15.1 Å². The zero-order chi connectivity index (χ0) is 24.5. The molecule has 3 aromatic heterocycles. The van der Waals surface area contributed by atoms with Gasteiger partial charge in [0.25, 0.3) is 0 Å². The van der Waals surface area contributed by atoms with Crippen LogP contribution in [0.15, 0.2) is 40.7 Å². The number of rotatable bonds is 6. The first-order chi connectivity index (χ1) is 17.7. The molecule has 0 unspecified atom stereocenters. The maximum absolute atomic E-state index is 9.73. The Morgan fingerprint density at radius 2 is 1.72 bits per heavy atom. The van der Waals surface area contributed by atoms with Crippen molar-refractivity contribution in [2.75, 3.05) is 48.3 Å². The molecule has 5 heterocycles. The van der Waals surface area contributed by atoms with Crippen molar-refractivity contribution < 1.29 is 0 Å². The minimum Gasteiger partial charge on any atom is -0.371 e. The van der Waals surface area contributed by atoms with Gasteiger partial charge in [0.15, 0.2) is 23.1 Å². The summed E-state index contributed by atoms with van der Waals surface area (Å²) < 4.78 is 2.60. The van der Waals surface area contributed by atoms with Gasteiger partial charge in [0, 0.05) is 33.2 Å². The second-order valence-corrected chi connectivity index (χ2v) is 9.76. The topological polar surface area (TPSA) is 124 Å². The molecule has 1 N–H and O–H groups in total. The smallest absolute Gasteiger partial charge is 0.229 e. The van der Waals surface area contributed by atoms with Crippen LogP contribution in [0.25, 0.3) is 15.3 Å². The van der Waals surface area contributed by atoms with Gasteiger partial charge in [-0.2, -0.15) is 25.0 Å². The predicted octanol–water partition coefficient (Wildman–Crippen LogP) is 4.80. The highest BCUT2D eigenvalue weighted by molar-refractivity contribution is 7.20. The number of aromatic nitrogens is 5. The van der Waals surface area contributed by atoms with E-state index in [-0.39, 0.29) is 0 Å². The van der Waals surface area contributed by atoms with Crippen molar-refractivity contribution in [2.24, 2.45) is 10.2 Å². The lowest BCUT2D eigenvalue weighted by molar-refractivity contribution is 0.856. The van der Waals surface area contributed by atoms with Crippen LogP contribution >= 0.6 is 11.3 Å². The van der Waals surface area contributed by atoms with Crippen LogP contribution in [0, 0.1) is 11.3 Å². The number of fused-ring (bicyclic) bond motifs is 1. The highest BCUT2D eigenvalue weighted by Gasteiger charge is 2.25. The van der Waals surface area contributed by atoms with Crippen LogP contribution in [0.3, 0.4) is 0 Å². The molecule has 0 atom stereocenters. The number of nitriles is 1. The number of azo groups is 1. The van der Waals surface area contributed by atoms with Gasteiger partial charge in [0.2, 0.25) is 11.1 Å². The van der Waals surface area contributed by atoms with Gasteiger partial charge in [0.1, 0.15) is 11.6 Å². The van der Waals surface area contributed by atoms with E-state index < -0.39 is 0 Å². The average Bonchev–Trinajstić information content (AvgIpc) is 3.73. The van der Waals surface area contributed by atoms with Crippen molar-refractivity contribution in [3.05, 3.63) is 36.0 Å². The Bertz CT molecular complexity index is 1440. The number of anilines is 3. The van der Waals surface area contributed by atoms with Gasteiger partial charge in [0.05, 0.1) is 16.4 Å². The Morgan fingerprint density at radius 3 is 2.44 bits per heavy atom. The van der Waals surface area contributed by atoms with Crippen LogP contribution in [-0.2, 0) is 0 Å². The second-order valence-electron chi connectivity index (χ2n) is 8.75. The molecule has 1 aromatic carbocycles. The minimum absolute atomic E-state index is 0.321. The first kappa shape index (κ1) is 22.4. The maximum Gasteiger partial charge on any atom is 0.229 e. The van der Waals surface area contributed by atoms with Gasteiger partial charge >= 0.3 is 0 Å². The summed E-state index contributed by atoms with van der Waals surface area (Å²) in [5, 5.41) is 27.1. The van der Waals surface area contributed by atoms with Gasteiger partial charge in [-0.25, -0.2) is 4.98 Å². The summed E-state index contributed by atoms with van der Waals surface area (Å²) in [5.41, 5.74) is 1.75. The zero-order valence-corrected chi connectivity index (χ0v) is 20.7. The van der Waals surface area contributed by atoms with E-state index in [1.54, 1.807) is 4.68 Å². The molecule has 12 heteroatoms. The van der Waals surface area contributed by atoms with Crippen molar-refractivity contribution >= 4 is 50.6 Å². The summed E-state index contributed by atoms with van der Waals surface area (Å²) >= 11 is 1.48. The monoisotopic (exact) mass is 499 g/mol. The van der Waals surface area contributed by atoms with Crippen molar-refractivity contribution in [2.45, 2.75) is 25.7 Å². The summed E-state index contributed by atoms with van der Waals surface area (Å²) in [6, 6.07) is 10.1. The molecule has 11 nitrogen and oxygen atoms in total. The lowest BCUT2D eigenvalue weighted by atomic mass is 10.3. The number of nitrogens with zero attached hydrogens (tertiary/aromatic N) is 10. The number of hydrogen-bond acceptors (Lipinski definition) is 11. The normalized spacial score (nSPS) is 15.9. The average molecular weight is 500 g/mol. The summed E-state index contributed by atoms with van der Waals surface area (Å²) in [5.74, 6) is 2.42. The molecule has 6 rings (SSSR count). The molecule has 2 aliphatic heterocycles. The van der Waals surface area contributed by atoms with Gasteiger partial charge in [-0.15, -0.1) is 10.2 Å². The Labute approximate surface area is 212 Å². The van der Waals surface area contributed by atoms with Crippen molar-refractivity contribution in [3.63, 3.8) is 0 Å². The quantitative estimate of drug-likeness (QED) is 0.375. The van der Waals surface area contributed by atoms with E-state index in [1.807, 2.05) is 31.3 Å². The van der Waals surface area contributed by atoms with Crippen molar-refractivity contribution in [1.82, 2.24) is 24.7 Å². The Kier molecular flexibility index (Phi) is 5.90. The highest BCUT2D eigenvalue weighted by atomic mass is 32.1. The molecule has 2 fully saturated rings. The predicted molar refractivity (Wildman–Crippen MR) is 140 cm³/mol. The Morgan fingerprint density at radius 1 is 0.972 bits per heavy atom. The summed E-state index contributed by atoms with van der Waals surface area (Å²) in [6.45, 7) is 3.73. The van der Waals surface area contributed by atoms with Crippen LogP contribution in [0.4, 0.5) is 29.1 Å². The van der Waals surface area contributed by atoms with E-state index in [1.165, 1.54) is 17.5 Å². The molecule has 2 aliphatic rings. The molecule has 36 heavy (non-hydrogen) atoms. The van der Waals surface area contributed by atoms with Crippen molar-refractivity contribution in [3.8, 4) is 11.2 Å². The second kappa shape index (κ2) is 9.50. The van der Waals surface area contributed by atoms with Gasteiger partial charge in [-0.3, -0.25) is 0 Å². The van der Waals surface area contributed by atoms with E-state index in [0.29, 0.717) is 28.0 Å². The Balaban J connectivity index is 1.44. The molecular weight excluding hydrogens is 474 g/mol. The van der Waals surface area contributed by atoms with Crippen LogP contribution in [-0.4, -0.2) is 58.0 Å². The number of thiazole rings is 1. The SMILES string of the molecule is CNc1nc(N2CCCC2)nc(N2CCCC2)c1/N=N/c1c(C#N)cnn1-c1nc2ccccc2s1. The molecule has 0 radical (unpaired) electrons. The van der Waals surface area contributed by atoms with Gasteiger partial charge in [-0.05, 0) is 37.8 Å². The van der Waals surface area contributed by atoms with E-state index in [0.717, 1.165) is 73.8 Å². The first-order valence-electron chi connectivity index (χ1n) is 12.1. The third kappa shape index (κ3) is 4.01. The number of benzene rings is 1. The number of para-hydroxylation sites is 1. The largest absolute Gasteiger partial charge is 0.371 e. The van der Waals surface area contributed by atoms with Gasteiger partial charge in [-0.1, -0.05) is 23.5 Å². The van der Waals surface area contributed by atoms with Crippen LogP contribution in [0.5, 0.6) is 0 Å².